The molecule has 1 N–H and O–H groups in total. The van der Waals surface area contributed by atoms with Crippen molar-refractivity contribution >= 4 is 0 Å². The second kappa shape index (κ2) is 5.51. The van der Waals surface area contributed by atoms with Gasteiger partial charge in [0.2, 0.25) is 0 Å². The number of phenols is 1. The maximum Gasteiger partial charge on any atom is 0.147 e. The molecule has 0 aromatic heterocycles. The fraction of sp³-hybridized carbons (Fsp3) is 0.250. The molecule has 0 fully saturated rings. The number of hydrogen-bond donors (Lipinski definition) is 1. The minimum atomic E-state index is -2.56. The van der Waals surface area contributed by atoms with E-state index in [9.17, 15) is 8.54 Å². The lowest BCUT2D eigenvalue weighted by Crippen LogP contribution is -3.92. The zero-order valence-electron chi connectivity index (χ0n) is 11.4. The molecule has 2 aromatic carbocycles. The largest absolute Gasteiger partial charge is 0.624 e. The first-order chi connectivity index (χ1) is 8.88. The number of phenolic OH excluding ortho intramolecular Hbond substituents is 1. The van der Waals surface area contributed by atoms with Crippen LogP contribution < -0.4 is 23.7 Å². The predicted octanol–water partition coefficient (Wildman–Crippen LogP) is -0.371. The van der Waals surface area contributed by atoms with Gasteiger partial charge in [0.1, 0.15) is 12.9 Å². The van der Waals surface area contributed by atoms with Crippen molar-refractivity contribution in [2.75, 3.05) is 0 Å². The molecule has 0 saturated heterocycles. The zero-order valence-corrected chi connectivity index (χ0v) is 13.5. The molecular formula is C16H18IO2. The fourth-order valence-corrected chi connectivity index (χ4v) is 4.49. The van der Waals surface area contributed by atoms with Gasteiger partial charge in [0.15, 0.2) is 0 Å². The molecule has 2 aromatic rings. The summed E-state index contributed by atoms with van der Waals surface area (Å²) in [5, 5.41) is 9.25. The normalized spacial score (nSPS) is 11.8. The molecule has 0 aliphatic carbocycles. The van der Waals surface area contributed by atoms with E-state index in [1.54, 1.807) is 24.3 Å². The van der Waals surface area contributed by atoms with Crippen molar-refractivity contribution in [1.29, 1.82) is 0 Å². The van der Waals surface area contributed by atoms with Crippen molar-refractivity contribution in [1.82, 2.24) is 0 Å². The average molecular weight is 369 g/mol. The van der Waals surface area contributed by atoms with Gasteiger partial charge in [0.25, 0.3) is 0 Å². The number of rotatable bonds is 2. The van der Waals surface area contributed by atoms with E-state index in [1.165, 1.54) is 5.56 Å². The Labute approximate surface area is 122 Å². The maximum absolute atomic E-state index is 12.5. The van der Waals surface area contributed by atoms with Gasteiger partial charge >= 0.3 is 0 Å². The minimum Gasteiger partial charge on any atom is -0.624 e. The summed E-state index contributed by atoms with van der Waals surface area (Å²) in [5.41, 5.74) is 1.35. The Morgan fingerprint density at radius 3 is 1.68 bits per heavy atom. The van der Waals surface area contributed by atoms with E-state index < -0.39 is 20.2 Å². The molecule has 0 bridgehead atoms. The Kier molecular flexibility index (Phi) is 4.16. The second-order valence-electron chi connectivity index (χ2n) is 5.48. The van der Waals surface area contributed by atoms with Crippen LogP contribution in [0, 0.1) is 7.14 Å². The highest BCUT2D eigenvalue weighted by molar-refractivity contribution is 5.22. The maximum atomic E-state index is 12.5. The molecule has 101 valence electrons. The quantitative estimate of drug-likeness (QED) is 0.735. The summed E-state index contributed by atoms with van der Waals surface area (Å²) in [7, 11) is 0. The third-order valence-corrected chi connectivity index (χ3v) is 6.63. The first kappa shape index (κ1) is 14.3. The van der Waals surface area contributed by atoms with Crippen molar-refractivity contribution < 1.29 is 28.8 Å². The Balaban J connectivity index is 2.25. The van der Waals surface area contributed by atoms with Gasteiger partial charge in [-0.05, 0) is 47.4 Å². The van der Waals surface area contributed by atoms with Crippen LogP contribution in [0.3, 0.4) is 0 Å². The smallest absolute Gasteiger partial charge is 0.147 e. The van der Waals surface area contributed by atoms with Gasteiger partial charge in [-0.15, -0.1) is 0 Å². The summed E-state index contributed by atoms with van der Waals surface area (Å²) < 4.78 is 14.2. The summed E-state index contributed by atoms with van der Waals surface area (Å²) in [5.74, 6) is 0.205. The molecule has 0 aliphatic heterocycles. The number of halogens is 1. The zero-order chi connectivity index (χ0) is 14.0. The predicted molar refractivity (Wildman–Crippen MR) is 70.6 cm³/mol. The lowest BCUT2D eigenvalue weighted by molar-refractivity contribution is -1.27. The van der Waals surface area contributed by atoms with E-state index in [1.807, 2.05) is 12.1 Å². The molecule has 0 spiro atoms. The van der Waals surface area contributed by atoms with E-state index in [0.29, 0.717) is 0 Å². The van der Waals surface area contributed by atoms with Crippen LogP contribution in [0.15, 0.2) is 48.5 Å². The van der Waals surface area contributed by atoms with Gasteiger partial charge in [-0.1, -0.05) is 32.9 Å². The van der Waals surface area contributed by atoms with E-state index >= 15 is 0 Å². The Bertz CT molecular complexity index is 538. The van der Waals surface area contributed by atoms with Crippen molar-refractivity contribution in [3.63, 3.8) is 0 Å². The molecule has 0 unspecified atom stereocenters. The standard InChI is InChI=1S/C16H18IO2/c1-16(2,3)12-4-6-13(7-5-12)17(19)14-8-10-15(18)11-9-14/h4-11,18H,1-3H3. The van der Waals surface area contributed by atoms with Crippen LogP contribution in [0.5, 0.6) is 5.75 Å². The first-order valence-corrected chi connectivity index (χ1v) is 9.19. The lowest BCUT2D eigenvalue weighted by atomic mass is 9.87. The average Bonchev–Trinajstić information content (AvgIpc) is 2.38. The van der Waals surface area contributed by atoms with Crippen LogP contribution >= 0.6 is 0 Å². The van der Waals surface area contributed by atoms with Crippen LogP contribution in [0.2, 0.25) is 0 Å². The second-order valence-corrected chi connectivity index (χ2v) is 9.39. The lowest BCUT2D eigenvalue weighted by Gasteiger charge is -2.19. The van der Waals surface area contributed by atoms with E-state index in [4.69, 9.17) is 0 Å². The molecule has 0 heterocycles. The highest BCUT2D eigenvalue weighted by atomic mass is 127. The SMILES string of the molecule is CC(C)(C)c1ccc([I+]([O-])c2ccc(O)cc2)cc1. The molecule has 0 atom stereocenters. The van der Waals surface area contributed by atoms with E-state index in [-0.39, 0.29) is 11.2 Å². The summed E-state index contributed by atoms with van der Waals surface area (Å²) in [4.78, 5) is 0. The van der Waals surface area contributed by atoms with Gasteiger partial charge in [-0.25, -0.2) is 0 Å². The summed E-state index contributed by atoms with van der Waals surface area (Å²) >= 11 is -2.56. The van der Waals surface area contributed by atoms with Crippen LogP contribution in [0.4, 0.5) is 0 Å². The highest BCUT2D eigenvalue weighted by Crippen LogP contribution is 2.20. The third kappa shape index (κ3) is 3.48. The van der Waals surface area contributed by atoms with Gasteiger partial charge < -0.3 is 8.54 Å². The molecule has 0 aliphatic rings. The van der Waals surface area contributed by atoms with Crippen LogP contribution in [-0.2, 0) is 5.41 Å². The monoisotopic (exact) mass is 369 g/mol. The van der Waals surface area contributed by atoms with E-state index in [2.05, 4.69) is 32.9 Å². The van der Waals surface area contributed by atoms with Gasteiger partial charge in [0, 0.05) is 0 Å². The molecule has 0 saturated carbocycles. The summed E-state index contributed by atoms with van der Waals surface area (Å²) in [6.07, 6.45) is 0. The Hall–Kier alpha value is -1.07. The Morgan fingerprint density at radius 2 is 1.26 bits per heavy atom. The first-order valence-electron chi connectivity index (χ1n) is 6.15. The van der Waals surface area contributed by atoms with Crippen molar-refractivity contribution in [3.8, 4) is 5.75 Å². The van der Waals surface area contributed by atoms with Gasteiger partial charge in [0.05, 0.1) is 20.2 Å². The topological polar surface area (TPSA) is 43.3 Å². The Morgan fingerprint density at radius 1 is 0.842 bits per heavy atom. The molecule has 0 amide bonds. The summed E-state index contributed by atoms with van der Waals surface area (Å²) in [6.45, 7) is 6.49. The number of aromatic hydroxyl groups is 1. The van der Waals surface area contributed by atoms with Crippen molar-refractivity contribution in [2.24, 2.45) is 0 Å². The van der Waals surface area contributed by atoms with Crippen LogP contribution in [-0.4, -0.2) is 5.11 Å². The van der Waals surface area contributed by atoms with Gasteiger partial charge in [-0.3, -0.25) is 0 Å². The number of hydrogen-bond acceptors (Lipinski definition) is 2. The molecule has 1 radical (unpaired) electrons. The van der Waals surface area contributed by atoms with Crippen molar-refractivity contribution in [3.05, 3.63) is 61.2 Å². The van der Waals surface area contributed by atoms with Gasteiger partial charge in [-0.2, -0.15) is 0 Å². The molecule has 2 rings (SSSR count). The molecular weight excluding hydrogens is 351 g/mol. The fourth-order valence-electron chi connectivity index (χ4n) is 1.75. The van der Waals surface area contributed by atoms with Crippen molar-refractivity contribution in [2.45, 2.75) is 26.2 Å². The molecule has 19 heavy (non-hydrogen) atoms. The van der Waals surface area contributed by atoms with Crippen LogP contribution in [0.25, 0.3) is 0 Å². The highest BCUT2D eigenvalue weighted by Gasteiger charge is 2.18. The summed E-state index contributed by atoms with van der Waals surface area (Å²) in [6, 6.07) is 14.7. The van der Waals surface area contributed by atoms with Crippen LogP contribution in [0.1, 0.15) is 26.3 Å². The third-order valence-electron chi connectivity index (χ3n) is 2.93. The van der Waals surface area contributed by atoms with E-state index in [0.717, 1.165) is 7.14 Å². The molecule has 2 nitrogen and oxygen atoms in total. The minimum absolute atomic E-state index is 0.110. The number of benzene rings is 2. The molecule has 3 heteroatoms.